The lowest BCUT2D eigenvalue weighted by atomic mass is 9.99. The highest BCUT2D eigenvalue weighted by Crippen LogP contribution is 2.43. The van der Waals surface area contributed by atoms with Gasteiger partial charge in [0.2, 0.25) is 5.78 Å². The Hall–Kier alpha value is -4.03. The quantitative estimate of drug-likeness (QED) is 0.374. The van der Waals surface area contributed by atoms with Crippen LogP contribution in [0.2, 0.25) is 0 Å². The molecule has 4 aromatic rings. The molecule has 0 atom stereocenters. The van der Waals surface area contributed by atoms with Crippen LogP contribution in [-0.2, 0) is 20.1 Å². The third kappa shape index (κ3) is 3.67. The van der Waals surface area contributed by atoms with E-state index in [0.717, 1.165) is 45.6 Å². The van der Waals surface area contributed by atoms with Crippen molar-refractivity contribution in [3.8, 4) is 17.2 Å². The lowest BCUT2D eigenvalue weighted by Gasteiger charge is -2.30. The van der Waals surface area contributed by atoms with E-state index in [9.17, 15) is 4.79 Å². The third-order valence-corrected chi connectivity index (χ3v) is 6.76. The molecule has 3 heterocycles. The Kier molecular flexibility index (Phi) is 5.11. The molecule has 0 saturated heterocycles. The summed E-state index contributed by atoms with van der Waals surface area (Å²) in [5.41, 5.74) is 5.67. The third-order valence-electron chi connectivity index (χ3n) is 6.76. The number of ketones is 1. The van der Waals surface area contributed by atoms with Gasteiger partial charge in [-0.15, -0.1) is 0 Å². The molecule has 3 aromatic carbocycles. The molecule has 0 bridgehead atoms. The van der Waals surface area contributed by atoms with Crippen LogP contribution in [0.25, 0.3) is 17.0 Å². The average molecular weight is 467 g/mol. The van der Waals surface area contributed by atoms with Gasteiger partial charge in [0.1, 0.15) is 24.0 Å². The Morgan fingerprint density at radius 3 is 2.71 bits per heavy atom. The molecular weight excluding hydrogens is 440 g/mol. The van der Waals surface area contributed by atoms with E-state index >= 15 is 0 Å². The van der Waals surface area contributed by atoms with Gasteiger partial charge in [0.25, 0.3) is 0 Å². The maximum Gasteiger partial charge on any atom is 0.231 e. The van der Waals surface area contributed by atoms with Crippen LogP contribution in [0.3, 0.4) is 0 Å². The molecule has 6 nitrogen and oxygen atoms in total. The van der Waals surface area contributed by atoms with Gasteiger partial charge in [-0.2, -0.15) is 0 Å². The highest BCUT2D eigenvalue weighted by atomic mass is 16.5. The van der Waals surface area contributed by atoms with Gasteiger partial charge in [-0.05, 0) is 42.8 Å². The van der Waals surface area contributed by atoms with Crippen molar-refractivity contribution in [3.05, 3.63) is 94.4 Å². The fourth-order valence-corrected chi connectivity index (χ4v) is 5.02. The number of carbonyl (C=O) groups is 1. The van der Waals surface area contributed by atoms with Crippen molar-refractivity contribution in [1.82, 2.24) is 9.47 Å². The summed E-state index contributed by atoms with van der Waals surface area (Å²) in [6.45, 7) is 3.96. The standard InChI is InChI=1S/C29H26N2O4/c1-18-28-21(16-31(17-34-28)14-19-7-5-4-6-8-19)11-24-27(32)26(35-29(18)24)12-20-15-30(2)25-10-9-22(33-3)13-23(20)25/h4-13,15H,14,16-17H2,1-3H3/b26-12-. The van der Waals surface area contributed by atoms with Crippen LogP contribution < -0.4 is 14.2 Å². The molecule has 0 N–H and O–H groups in total. The number of allylic oxidation sites excluding steroid dienone is 1. The van der Waals surface area contributed by atoms with Crippen LogP contribution in [0.15, 0.2) is 66.6 Å². The lowest BCUT2D eigenvalue weighted by Crippen LogP contribution is -2.32. The second-order valence-electron chi connectivity index (χ2n) is 9.13. The van der Waals surface area contributed by atoms with Crippen LogP contribution in [-0.4, -0.2) is 29.1 Å². The number of aryl methyl sites for hydroxylation is 1. The molecule has 0 saturated carbocycles. The first kappa shape index (κ1) is 21.5. The van der Waals surface area contributed by atoms with E-state index < -0.39 is 0 Å². The SMILES string of the molecule is COc1ccc2c(c1)c(/C=C1\Oc3c(cc4c(c3C)OCN(Cc3ccccc3)C4)C1=O)cn2C. The highest BCUT2D eigenvalue weighted by molar-refractivity contribution is 6.15. The first-order valence-electron chi connectivity index (χ1n) is 11.6. The number of aromatic nitrogens is 1. The van der Waals surface area contributed by atoms with Crippen LogP contribution >= 0.6 is 0 Å². The Bertz CT molecular complexity index is 1500. The summed E-state index contributed by atoms with van der Waals surface area (Å²) >= 11 is 0. The Balaban J connectivity index is 1.33. The number of fused-ring (bicyclic) bond motifs is 3. The van der Waals surface area contributed by atoms with Gasteiger partial charge in [0.05, 0.1) is 12.7 Å². The van der Waals surface area contributed by atoms with Crippen molar-refractivity contribution in [2.45, 2.75) is 20.0 Å². The fourth-order valence-electron chi connectivity index (χ4n) is 5.02. The molecular formula is C29H26N2O4. The highest BCUT2D eigenvalue weighted by Gasteiger charge is 2.33. The molecule has 35 heavy (non-hydrogen) atoms. The topological polar surface area (TPSA) is 52.9 Å². The van der Waals surface area contributed by atoms with Crippen LogP contribution in [0.4, 0.5) is 0 Å². The minimum absolute atomic E-state index is 0.106. The van der Waals surface area contributed by atoms with Gasteiger partial charge in [0.15, 0.2) is 5.76 Å². The van der Waals surface area contributed by atoms with Crippen molar-refractivity contribution in [3.63, 3.8) is 0 Å². The predicted molar refractivity (Wildman–Crippen MR) is 135 cm³/mol. The van der Waals surface area contributed by atoms with Gasteiger partial charge in [-0.3, -0.25) is 9.69 Å². The first-order valence-corrected chi connectivity index (χ1v) is 11.6. The molecule has 6 rings (SSSR count). The number of hydrogen-bond donors (Lipinski definition) is 0. The van der Waals surface area contributed by atoms with Crippen LogP contribution in [0.5, 0.6) is 17.2 Å². The fraction of sp³-hybridized carbons (Fsp3) is 0.207. The summed E-state index contributed by atoms with van der Waals surface area (Å²) in [6, 6.07) is 18.2. The Morgan fingerprint density at radius 2 is 1.91 bits per heavy atom. The monoisotopic (exact) mass is 466 g/mol. The lowest BCUT2D eigenvalue weighted by molar-refractivity contribution is 0.0876. The van der Waals surface area contributed by atoms with E-state index in [1.807, 2.05) is 73.3 Å². The summed E-state index contributed by atoms with van der Waals surface area (Å²) in [5, 5.41) is 1.00. The zero-order valence-corrected chi connectivity index (χ0v) is 20.0. The van der Waals surface area contributed by atoms with E-state index in [2.05, 4.69) is 17.0 Å². The minimum Gasteiger partial charge on any atom is -0.497 e. The van der Waals surface area contributed by atoms with Gasteiger partial charge in [-0.25, -0.2) is 0 Å². The number of nitrogens with zero attached hydrogens (tertiary/aromatic N) is 2. The molecule has 0 radical (unpaired) electrons. The second-order valence-corrected chi connectivity index (χ2v) is 9.13. The summed E-state index contributed by atoms with van der Waals surface area (Å²) in [5.74, 6) is 2.39. The number of rotatable bonds is 4. The maximum atomic E-state index is 13.4. The van der Waals surface area contributed by atoms with E-state index in [-0.39, 0.29) is 5.78 Å². The number of carbonyl (C=O) groups excluding carboxylic acids is 1. The largest absolute Gasteiger partial charge is 0.497 e. The van der Waals surface area contributed by atoms with Crippen LogP contribution in [0, 0.1) is 6.92 Å². The van der Waals surface area contributed by atoms with Gasteiger partial charge in [0, 0.05) is 53.9 Å². The molecule has 0 unspecified atom stereocenters. The summed E-state index contributed by atoms with van der Waals surface area (Å²) < 4.78 is 19.7. The molecule has 2 aliphatic rings. The van der Waals surface area contributed by atoms with Crippen LogP contribution in [0.1, 0.15) is 32.6 Å². The summed E-state index contributed by atoms with van der Waals surface area (Å²) in [4.78, 5) is 15.6. The van der Waals surface area contributed by atoms with Crippen molar-refractivity contribution in [2.24, 2.45) is 7.05 Å². The van der Waals surface area contributed by atoms with Crippen molar-refractivity contribution in [1.29, 1.82) is 0 Å². The second kappa shape index (κ2) is 8.32. The van der Waals surface area contributed by atoms with E-state index in [0.29, 0.717) is 30.3 Å². The minimum atomic E-state index is -0.106. The summed E-state index contributed by atoms with van der Waals surface area (Å²) in [6.07, 6.45) is 3.82. The molecule has 2 aliphatic heterocycles. The zero-order chi connectivity index (χ0) is 24.1. The molecule has 0 fully saturated rings. The summed E-state index contributed by atoms with van der Waals surface area (Å²) in [7, 11) is 3.63. The van der Waals surface area contributed by atoms with Gasteiger partial charge < -0.3 is 18.8 Å². The van der Waals surface area contributed by atoms with E-state index in [1.54, 1.807) is 7.11 Å². The number of benzene rings is 3. The Labute approximate surface area is 203 Å². The van der Waals surface area contributed by atoms with Gasteiger partial charge in [-0.1, -0.05) is 30.3 Å². The van der Waals surface area contributed by atoms with Crippen molar-refractivity contribution < 1.29 is 19.0 Å². The van der Waals surface area contributed by atoms with Crippen molar-refractivity contribution in [2.75, 3.05) is 13.8 Å². The predicted octanol–water partition coefficient (Wildman–Crippen LogP) is 5.46. The first-order chi connectivity index (χ1) is 17.0. The number of ether oxygens (including phenoxy) is 3. The zero-order valence-electron chi connectivity index (χ0n) is 20.0. The Morgan fingerprint density at radius 1 is 1.09 bits per heavy atom. The number of methoxy groups -OCH3 is 1. The normalized spacial score (nSPS) is 16.2. The van der Waals surface area contributed by atoms with E-state index in [4.69, 9.17) is 14.2 Å². The molecule has 0 spiro atoms. The number of Topliss-reactive ketones (excluding diaryl/α,β-unsaturated/α-hetero) is 1. The van der Waals surface area contributed by atoms with Crippen molar-refractivity contribution >= 4 is 22.8 Å². The number of hydrogen-bond acceptors (Lipinski definition) is 5. The molecule has 6 heteroatoms. The van der Waals surface area contributed by atoms with E-state index in [1.165, 1.54) is 5.56 Å². The average Bonchev–Trinajstić information content (AvgIpc) is 3.36. The van der Waals surface area contributed by atoms with Gasteiger partial charge >= 0.3 is 0 Å². The molecule has 0 amide bonds. The molecule has 0 aliphatic carbocycles. The molecule has 176 valence electrons. The smallest absolute Gasteiger partial charge is 0.231 e. The maximum absolute atomic E-state index is 13.4. The molecule has 1 aromatic heterocycles.